The minimum Gasteiger partial charge on any atom is -0.464 e. The summed E-state index contributed by atoms with van der Waals surface area (Å²) < 4.78 is 11.0. The normalized spacial score (nSPS) is 15.0. The summed E-state index contributed by atoms with van der Waals surface area (Å²) in [6.07, 6.45) is 4.63. The van der Waals surface area contributed by atoms with Crippen molar-refractivity contribution in [3.8, 4) is 12.0 Å². The number of aromatic nitrogens is 3. The maximum atomic E-state index is 5.68. The number of hydrogen-bond donors (Lipinski definition) is 1. The molecule has 1 aromatic rings. The Balaban J connectivity index is 2.07. The van der Waals surface area contributed by atoms with Gasteiger partial charge in [0.25, 0.3) is 0 Å². The van der Waals surface area contributed by atoms with Gasteiger partial charge in [0.15, 0.2) is 0 Å². The Bertz CT molecular complexity index is 382. The Hall–Kier alpha value is -1.59. The van der Waals surface area contributed by atoms with Crippen LogP contribution in [0, 0.1) is 0 Å². The first-order valence-electron chi connectivity index (χ1n) is 6.61. The van der Waals surface area contributed by atoms with E-state index in [0.717, 1.165) is 25.8 Å². The van der Waals surface area contributed by atoms with E-state index >= 15 is 0 Å². The molecule has 1 heterocycles. The summed E-state index contributed by atoms with van der Waals surface area (Å²) in [4.78, 5) is 12.6. The van der Waals surface area contributed by atoms with Gasteiger partial charge in [-0.2, -0.15) is 9.97 Å². The van der Waals surface area contributed by atoms with Gasteiger partial charge in [0, 0.05) is 6.54 Å². The topological polar surface area (TPSA) is 69.2 Å². The molecule has 18 heavy (non-hydrogen) atoms. The average Bonchev–Trinajstić information content (AvgIpc) is 2.32. The van der Waals surface area contributed by atoms with E-state index in [9.17, 15) is 0 Å². The first-order chi connectivity index (χ1) is 8.81. The lowest BCUT2D eigenvalue weighted by atomic mass is 9.96. The van der Waals surface area contributed by atoms with Crippen molar-refractivity contribution in [2.24, 2.45) is 0 Å². The minimum atomic E-state index is 0.251. The van der Waals surface area contributed by atoms with E-state index in [1.54, 1.807) is 0 Å². The molecule has 0 radical (unpaired) electrons. The van der Waals surface area contributed by atoms with E-state index in [4.69, 9.17) is 9.47 Å². The lowest BCUT2D eigenvalue weighted by Crippen LogP contribution is -2.25. The Morgan fingerprint density at radius 2 is 1.94 bits per heavy atom. The average molecular weight is 252 g/mol. The molecule has 1 aliphatic carbocycles. The van der Waals surface area contributed by atoms with Crippen molar-refractivity contribution in [3.63, 3.8) is 0 Å². The molecule has 1 fully saturated rings. The zero-order valence-corrected chi connectivity index (χ0v) is 11.0. The molecule has 6 nitrogen and oxygen atoms in total. The van der Waals surface area contributed by atoms with Crippen LogP contribution in [0.3, 0.4) is 0 Å². The largest absolute Gasteiger partial charge is 0.464 e. The van der Waals surface area contributed by atoms with Gasteiger partial charge in [0.2, 0.25) is 5.95 Å². The summed E-state index contributed by atoms with van der Waals surface area (Å²) in [5.41, 5.74) is 0. The van der Waals surface area contributed by atoms with Crippen LogP contribution in [0.1, 0.15) is 39.5 Å². The van der Waals surface area contributed by atoms with Crippen LogP contribution in [0.2, 0.25) is 0 Å². The third-order valence-corrected chi connectivity index (χ3v) is 2.73. The number of hydrogen-bond acceptors (Lipinski definition) is 6. The predicted molar refractivity (Wildman–Crippen MR) is 68.0 cm³/mol. The summed E-state index contributed by atoms with van der Waals surface area (Å²) >= 11 is 0. The molecule has 0 bridgehead atoms. The molecule has 2 rings (SSSR count). The fraction of sp³-hybridized carbons (Fsp3) is 0.750. The molecule has 0 unspecified atom stereocenters. The molecule has 1 aromatic heterocycles. The van der Waals surface area contributed by atoms with Crippen molar-refractivity contribution in [2.75, 3.05) is 18.5 Å². The van der Waals surface area contributed by atoms with E-state index in [1.807, 2.05) is 6.92 Å². The molecular formula is C12H20N4O2. The van der Waals surface area contributed by atoms with Crippen LogP contribution in [0.25, 0.3) is 0 Å². The fourth-order valence-electron chi connectivity index (χ4n) is 1.54. The van der Waals surface area contributed by atoms with Crippen LogP contribution in [0.4, 0.5) is 5.95 Å². The monoisotopic (exact) mass is 252 g/mol. The molecule has 0 spiro atoms. The van der Waals surface area contributed by atoms with Gasteiger partial charge in [0.05, 0.1) is 6.61 Å². The standard InChI is InChI=1S/C12H20N4O2/c1-3-8-13-10-14-11(17-4-2)16-12(15-10)18-9-6-5-7-9/h9H,3-8H2,1-2H3,(H,13,14,15,16). The molecule has 0 aromatic carbocycles. The van der Waals surface area contributed by atoms with Crippen molar-refractivity contribution in [1.82, 2.24) is 15.0 Å². The molecule has 1 aliphatic rings. The maximum absolute atomic E-state index is 5.68. The van der Waals surface area contributed by atoms with Crippen molar-refractivity contribution < 1.29 is 9.47 Å². The highest BCUT2D eigenvalue weighted by Gasteiger charge is 2.21. The highest BCUT2D eigenvalue weighted by atomic mass is 16.5. The van der Waals surface area contributed by atoms with E-state index in [0.29, 0.717) is 24.6 Å². The second kappa shape index (κ2) is 6.37. The molecule has 1 saturated carbocycles. The Kier molecular flexibility index (Phi) is 4.55. The lowest BCUT2D eigenvalue weighted by Gasteiger charge is -2.25. The molecular weight excluding hydrogens is 232 g/mol. The third-order valence-electron chi connectivity index (χ3n) is 2.73. The van der Waals surface area contributed by atoms with Crippen LogP contribution in [-0.2, 0) is 0 Å². The number of ether oxygens (including phenoxy) is 2. The molecule has 1 N–H and O–H groups in total. The van der Waals surface area contributed by atoms with Crippen molar-refractivity contribution in [2.45, 2.75) is 45.6 Å². The van der Waals surface area contributed by atoms with Crippen molar-refractivity contribution in [3.05, 3.63) is 0 Å². The van der Waals surface area contributed by atoms with Crippen LogP contribution in [-0.4, -0.2) is 34.2 Å². The summed E-state index contributed by atoms with van der Waals surface area (Å²) in [5, 5.41) is 3.12. The number of anilines is 1. The van der Waals surface area contributed by atoms with E-state index in [2.05, 4.69) is 27.2 Å². The maximum Gasteiger partial charge on any atom is 0.324 e. The Labute approximate surface area is 107 Å². The molecule has 0 saturated heterocycles. The van der Waals surface area contributed by atoms with Gasteiger partial charge in [-0.3, -0.25) is 0 Å². The summed E-state index contributed by atoms with van der Waals surface area (Å²) in [7, 11) is 0. The first kappa shape index (κ1) is 12.9. The number of nitrogens with zero attached hydrogens (tertiary/aromatic N) is 3. The molecule has 0 atom stereocenters. The molecule has 100 valence electrons. The SMILES string of the molecule is CCCNc1nc(OCC)nc(OC2CCC2)n1. The summed E-state index contributed by atoms with van der Waals surface area (Å²) in [6.45, 7) is 5.33. The van der Waals surface area contributed by atoms with E-state index in [1.165, 1.54) is 6.42 Å². The van der Waals surface area contributed by atoms with Crippen LogP contribution >= 0.6 is 0 Å². The van der Waals surface area contributed by atoms with Gasteiger partial charge < -0.3 is 14.8 Å². The van der Waals surface area contributed by atoms with Crippen molar-refractivity contribution >= 4 is 5.95 Å². The number of nitrogens with one attached hydrogen (secondary N) is 1. The minimum absolute atomic E-state index is 0.251. The predicted octanol–water partition coefficient (Wildman–Crippen LogP) is 2.02. The second-order valence-electron chi connectivity index (χ2n) is 4.25. The fourth-order valence-corrected chi connectivity index (χ4v) is 1.54. The van der Waals surface area contributed by atoms with E-state index < -0.39 is 0 Å². The van der Waals surface area contributed by atoms with Crippen molar-refractivity contribution in [1.29, 1.82) is 0 Å². The molecule has 0 aliphatic heterocycles. The zero-order valence-electron chi connectivity index (χ0n) is 11.0. The van der Waals surface area contributed by atoms with Crippen LogP contribution in [0.15, 0.2) is 0 Å². The van der Waals surface area contributed by atoms with Gasteiger partial charge in [0.1, 0.15) is 6.10 Å². The summed E-state index contributed by atoms with van der Waals surface area (Å²) in [5.74, 6) is 0.518. The van der Waals surface area contributed by atoms with Crippen LogP contribution < -0.4 is 14.8 Å². The Morgan fingerprint density at radius 1 is 1.17 bits per heavy atom. The lowest BCUT2D eigenvalue weighted by molar-refractivity contribution is 0.107. The highest BCUT2D eigenvalue weighted by Crippen LogP contribution is 2.24. The zero-order chi connectivity index (χ0) is 12.8. The summed E-state index contributed by atoms with van der Waals surface area (Å²) in [6, 6.07) is 0.678. The third kappa shape index (κ3) is 3.45. The molecule has 0 amide bonds. The quantitative estimate of drug-likeness (QED) is 0.800. The van der Waals surface area contributed by atoms with Gasteiger partial charge in [-0.05, 0) is 32.6 Å². The van der Waals surface area contributed by atoms with Gasteiger partial charge in [-0.15, -0.1) is 4.98 Å². The van der Waals surface area contributed by atoms with E-state index in [-0.39, 0.29) is 6.10 Å². The van der Waals surface area contributed by atoms with Gasteiger partial charge in [-0.1, -0.05) is 6.92 Å². The highest BCUT2D eigenvalue weighted by molar-refractivity contribution is 5.27. The van der Waals surface area contributed by atoms with Gasteiger partial charge >= 0.3 is 12.0 Å². The number of rotatable bonds is 7. The Morgan fingerprint density at radius 3 is 2.56 bits per heavy atom. The van der Waals surface area contributed by atoms with Gasteiger partial charge in [-0.25, -0.2) is 0 Å². The smallest absolute Gasteiger partial charge is 0.324 e. The molecule has 6 heteroatoms. The van der Waals surface area contributed by atoms with Crippen LogP contribution in [0.5, 0.6) is 12.0 Å². The second-order valence-corrected chi connectivity index (χ2v) is 4.25. The first-order valence-corrected chi connectivity index (χ1v) is 6.61.